The summed E-state index contributed by atoms with van der Waals surface area (Å²) in [6.07, 6.45) is 1.61. The normalized spacial score (nSPS) is 9.81. The van der Waals surface area contributed by atoms with E-state index in [9.17, 15) is 0 Å². The van der Waals surface area contributed by atoms with Gasteiger partial charge in [0.15, 0.2) is 0 Å². The van der Waals surface area contributed by atoms with Crippen molar-refractivity contribution in [2.24, 2.45) is 0 Å². The van der Waals surface area contributed by atoms with Crippen LogP contribution in [-0.2, 0) is 0 Å². The minimum atomic E-state index is 0.251. The SMILES string of the molecule is Cc1cccc(-c2ccnc(Cl)c2C#N)c1. The lowest BCUT2D eigenvalue weighted by Gasteiger charge is -2.05. The summed E-state index contributed by atoms with van der Waals surface area (Å²) in [4.78, 5) is 3.90. The Morgan fingerprint density at radius 1 is 1.31 bits per heavy atom. The van der Waals surface area contributed by atoms with Crippen LogP contribution in [0.2, 0.25) is 5.15 Å². The Morgan fingerprint density at radius 2 is 2.12 bits per heavy atom. The van der Waals surface area contributed by atoms with E-state index in [1.54, 1.807) is 12.3 Å². The molecule has 0 aliphatic heterocycles. The molecular weight excluding hydrogens is 220 g/mol. The number of hydrogen-bond donors (Lipinski definition) is 0. The molecule has 1 heterocycles. The maximum atomic E-state index is 9.06. The molecule has 2 nitrogen and oxygen atoms in total. The molecule has 78 valence electrons. The first-order chi connectivity index (χ1) is 7.72. The number of nitriles is 1. The van der Waals surface area contributed by atoms with Crippen LogP contribution in [0.4, 0.5) is 0 Å². The third-order valence-corrected chi connectivity index (χ3v) is 2.63. The first kappa shape index (κ1) is 10.7. The first-order valence-corrected chi connectivity index (χ1v) is 5.22. The lowest BCUT2D eigenvalue weighted by atomic mass is 10.0. The maximum absolute atomic E-state index is 9.06. The van der Waals surface area contributed by atoms with Gasteiger partial charge in [-0.1, -0.05) is 41.4 Å². The minimum absolute atomic E-state index is 0.251. The van der Waals surface area contributed by atoms with Crippen LogP contribution in [0.15, 0.2) is 36.5 Å². The zero-order chi connectivity index (χ0) is 11.5. The van der Waals surface area contributed by atoms with Crippen LogP contribution in [0, 0.1) is 18.3 Å². The van der Waals surface area contributed by atoms with Crippen molar-refractivity contribution in [1.82, 2.24) is 4.98 Å². The Balaban J connectivity index is 2.66. The van der Waals surface area contributed by atoms with Crippen LogP contribution in [0.25, 0.3) is 11.1 Å². The number of nitrogens with zero attached hydrogens (tertiary/aromatic N) is 2. The van der Waals surface area contributed by atoms with Crippen LogP contribution in [0.1, 0.15) is 11.1 Å². The molecule has 0 bridgehead atoms. The smallest absolute Gasteiger partial charge is 0.147 e. The van der Waals surface area contributed by atoms with Gasteiger partial charge >= 0.3 is 0 Å². The number of hydrogen-bond acceptors (Lipinski definition) is 2. The first-order valence-electron chi connectivity index (χ1n) is 4.84. The van der Waals surface area contributed by atoms with E-state index in [1.165, 1.54) is 0 Å². The van der Waals surface area contributed by atoms with Gasteiger partial charge in [0.2, 0.25) is 0 Å². The standard InChI is InChI=1S/C13H9ClN2/c1-9-3-2-4-10(7-9)11-5-6-16-13(14)12(11)8-15/h2-7H,1H3. The van der Waals surface area contributed by atoms with E-state index >= 15 is 0 Å². The Morgan fingerprint density at radius 3 is 2.81 bits per heavy atom. The van der Waals surface area contributed by atoms with Crippen molar-refractivity contribution in [1.29, 1.82) is 5.26 Å². The van der Waals surface area contributed by atoms with Crippen molar-refractivity contribution in [3.05, 3.63) is 52.8 Å². The minimum Gasteiger partial charge on any atom is -0.243 e. The summed E-state index contributed by atoms with van der Waals surface area (Å²) < 4.78 is 0. The largest absolute Gasteiger partial charge is 0.243 e. The van der Waals surface area contributed by atoms with Crippen molar-refractivity contribution in [2.45, 2.75) is 6.92 Å². The van der Waals surface area contributed by atoms with E-state index < -0.39 is 0 Å². The van der Waals surface area contributed by atoms with Gasteiger partial charge in [-0.25, -0.2) is 4.98 Å². The zero-order valence-corrected chi connectivity index (χ0v) is 9.49. The van der Waals surface area contributed by atoms with E-state index in [0.29, 0.717) is 5.56 Å². The molecule has 0 fully saturated rings. The van der Waals surface area contributed by atoms with Gasteiger partial charge in [0.25, 0.3) is 0 Å². The topological polar surface area (TPSA) is 36.7 Å². The summed E-state index contributed by atoms with van der Waals surface area (Å²) in [7, 11) is 0. The molecule has 2 rings (SSSR count). The Labute approximate surface area is 99.1 Å². The molecule has 0 radical (unpaired) electrons. The fourth-order valence-electron chi connectivity index (χ4n) is 1.60. The van der Waals surface area contributed by atoms with Crippen molar-refractivity contribution < 1.29 is 0 Å². The highest BCUT2D eigenvalue weighted by Gasteiger charge is 2.09. The third kappa shape index (κ3) is 1.91. The second kappa shape index (κ2) is 4.34. The molecule has 0 saturated heterocycles. The zero-order valence-electron chi connectivity index (χ0n) is 8.74. The van der Waals surface area contributed by atoms with Gasteiger partial charge in [0, 0.05) is 11.8 Å². The maximum Gasteiger partial charge on any atom is 0.147 e. The molecule has 16 heavy (non-hydrogen) atoms. The van der Waals surface area contributed by atoms with Gasteiger partial charge in [0.1, 0.15) is 11.2 Å². The molecule has 0 unspecified atom stereocenters. The number of aryl methyl sites for hydroxylation is 1. The van der Waals surface area contributed by atoms with E-state index in [4.69, 9.17) is 16.9 Å². The monoisotopic (exact) mass is 228 g/mol. The van der Waals surface area contributed by atoms with E-state index in [2.05, 4.69) is 11.1 Å². The van der Waals surface area contributed by atoms with Crippen molar-refractivity contribution >= 4 is 11.6 Å². The van der Waals surface area contributed by atoms with Gasteiger partial charge in [-0.05, 0) is 18.6 Å². The van der Waals surface area contributed by atoms with Crippen molar-refractivity contribution in [3.8, 4) is 17.2 Å². The highest BCUT2D eigenvalue weighted by Crippen LogP contribution is 2.27. The van der Waals surface area contributed by atoms with Crippen LogP contribution in [-0.4, -0.2) is 4.98 Å². The van der Waals surface area contributed by atoms with E-state index in [1.807, 2.05) is 31.2 Å². The van der Waals surface area contributed by atoms with Gasteiger partial charge in [-0.2, -0.15) is 5.26 Å². The van der Waals surface area contributed by atoms with Crippen LogP contribution < -0.4 is 0 Å². The average Bonchev–Trinajstić information content (AvgIpc) is 2.28. The Kier molecular flexibility index (Phi) is 2.89. The number of benzene rings is 1. The third-order valence-electron chi connectivity index (χ3n) is 2.35. The fraction of sp³-hybridized carbons (Fsp3) is 0.0769. The summed E-state index contributed by atoms with van der Waals surface area (Å²) >= 11 is 5.89. The molecule has 3 heteroatoms. The summed E-state index contributed by atoms with van der Waals surface area (Å²) in [5.41, 5.74) is 3.39. The van der Waals surface area contributed by atoms with Crippen LogP contribution in [0.3, 0.4) is 0 Å². The molecule has 0 amide bonds. The van der Waals surface area contributed by atoms with Crippen LogP contribution >= 0.6 is 11.6 Å². The average molecular weight is 229 g/mol. The highest BCUT2D eigenvalue weighted by atomic mass is 35.5. The fourth-order valence-corrected chi connectivity index (χ4v) is 1.80. The lowest BCUT2D eigenvalue weighted by molar-refractivity contribution is 1.30. The summed E-state index contributed by atoms with van der Waals surface area (Å²) in [5.74, 6) is 0. The molecule has 1 aromatic heterocycles. The van der Waals surface area contributed by atoms with E-state index in [-0.39, 0.29) is 5.15 Å². The predicted molar refractivity (Wildman–Crippen MR) is 64.1 cm³/mol. The summed E-state index contributed by atoms with van der Waals surface area (Å²) in [6, 6.07) is 11.8. The number of halogens is 1. The number of aromatic nitrogens is 1. The van der Waals surface area contributed by atoms with Crippen molar-refractivity contribution in [2.75, 3.05) is 0 Å². The highest BCUT2D eigenvalue weighted by molar-refractivity contribution is 6.30. The molecule has 2 aromatic rings. The molecule has 0 saturated carbocycles. The van der Waals surface area contributed by atoms with Gasteiger partial charge in [0.05, 0.1) is 5.56 Å². The predicted octanol–water partition coefficient (Wildman–Crippen LogP) is 3.58. The molecule has 0 aliphatic rings. The second-order valence-electron chi connectivity index (χ2n) is 3.51. The lowest BCUT2D eigenvalue weighted by Crippen LogP contribution is -1.88. The molecule has 0 atom stereocenters. The van der Waals surface area contributed by atoms with Gasteiger partial charge in [-0.3, -0.25) is 0 Å². The van der Waals surface area contributed by atoms with Crippen molar-refractivity contribution in [3.63, 3.8) is 0 Å². The number of rotatable bonds is 1. The second-order valence-corrected chi connectivity index (χ2v) is 3.86. The summed E-state index contributed by atoms with van der Waals surface area (Å²) in [6.45, 7) is 2.01. The molecule has 0 aliphatic carbocycles. The Hall–Kier alpha value is -1.85. The molecule has 0 N–H and O–H groups in total. The van der Waals surface area contributed by atoms with E-state index in [0.717, 1.165) is 16.7 Å². The Bertz CT molecular complexity index is 570. The van der Waals surface area contributed by atoms with Crippen LogP contribution in [0.5, 0.6) is 0 Å². The molecule has 1 aromatic carbocycles. The molecule has 0 spiro atoms. The number of pyridine rings is 1. The van der Waals surface area contributed by atoms with Gasteiger partial charge < -0.3 is 0 Å². The quantitative estimate of drug-likeness (QED) is 0.700. The molecular formula is C13H9ClN2. The summed E-state index contributed by atoms with van der Waals surface area (Å²) in [5, 5.41) is 9.31. The van der Waals surface area contributed by atoms with Gasteiger partial charge in [-0.15, -0.1) is 0 Å².